The highest BCUT2D eigenvalue weighted by Crippen LogP contribution is 2.26. The molecule has 134 valence electrons. The van der Waals surface area contributed by atoms with Crippen LogP contribution in [0.3, 0.4) is 0 Å². The van der Waals surface area contributed by atoms with Crippen LogP contribution in [-0.2, 0) is 6.54 Å². The van der Waals surface area contributed by atoms with Crippen LogP contribution in [0.25, 0.3) is 0 Å². The van der Waals surface area contributed by atoms with Crippen molar-refractivity contribution in [1.29, 1.82) is 0 Å². The Morgan fingerprint density at radius 2 is 1.92 bits per heavy atom. The molecule has 1 amide bonds. The molecule has 0 saturated carbocycles. The van der Waals surface area contributed by atoms with Gasteiger partial charge in [-0.05, 0) is 17.7 Å². The number of nitrogens with zero attached hydrogens (tertiary/aromatic N) is 2. The summed E-state index contributed by atoms with van der Waals surface area (Å²) in [6.07, 6.45) is 1.68. The molecular formula is C19H18ClN3O3. The molecule has 1 heterocycles. The van der Waals surface area contributed by atoms with Crippen molar-refractivity contribution >= 4 is 23.3 Å². The van der Waals surface area contributed by atoms with E-state index in [1.54, 1.807) is 36.2 Å². The third kappa shape index (κ3) is 3.97. The molecule has 0 radical (unpaired) electrons. The number of carbonyl (C=O) groups is 1. The van der Waals surface area contributed by atoms with Crippen molar-refractivity contribution in [1.82, 2.24) is 9.78 Å². The molecule has 2 aromatic carbocycles. The number of halogens is 1. The maximum absolute atomic E-state index is 12.6. The fourth-order valence-electron chi connectivity index (χ4n) is 2.49. The minimum absolute atomic E-state index is 0.297. The minimum Gasteiger partial charge on any atom is -0.497 e. The van der Waals surface area contributed by atoms with Crippen molar-refractivity contribution in [2.45, 2.75) is 6.54 Å². The Labute approximate surface area is 156 Å². The number of anilines is 1. The van der Waals surface area contributed by atoms with E-state index in [0.29, 0.717) is 34.4 Å². The second-order valence-electron chi connectivity index (χ2n) is 5.53. The first-order valence-electron chi connectivity index (χ1n) is 7.91. The van der Waals surface area contributed by atoms with Crippen LogP contribution >= 0.6 is 11.6 Å². The zero-order valence-corrected chi connectivity index (χ0v) is 15.2. The smallest absolute Gasteiger partial charge is 0.260 e. The van der Waals surface area contributed by atoms with Gasteiger partial charge in [0.1, 0.15) is 16.5 Å². The van der Waals surface area contributed by atoms with E-state index in [-0.39, 0.29) is 5.91 Å². The van der Waals surface area contributed by atoms with Gasteiger partial charge in [0.25, 0.3) is 5.91 Å². The van der Waals surface area contributed by atoms with Crippen LogP contribution in [0.5, 0.6) is 11.5 Å². The zero-order chi connectivity index (χ0) is 18.5. The highest BCUT2D eigenvalue weighted by atomic mass is 35.5. The van der Waals surface area contributed by atoms with Crippen molar-refractivity contribution in [3.63, 3.8) is 0 Å². The van der Waals surface area contributed by atoms with Gasteiger partial charge in [-0.1, -0.05) is 41.9 Å². The molecule has 0 bridgehead atoms. The number of aromatic nitrogens is 2. The van der Waals surface area contributed by atoms with E-state index in [1.807, 2.05) is 30.3 Å². The normalized spacial score (nSPS) is 10.4. The summed E-state index contributed by atoms with van der Waals surface area (Å²) in [6.45, 7) is 0.558. The third-order valence-corrected chi connectivity index (χ3v) is 4.07. The van der Waals surface area contributed by atoms with E-state index >= 15 is 0 Å². The van der Waals surface area contributed by atoms with E-state index in [2.05, 4.69) is 10.4 Å². The molecule has 0 aliphatic heterocycles. The van der Waals surface area contributed by atoms with Crippen molar-refractivity contribution in [3.05, 3.63) is 70.9 Å². The molecule has 1 N–H and O–H groups in total. The Kier molecular flexibility index (Phi) is 5.43. The molecule has 0 spiro atoms. The number of carbonyl (C=O) groups excluding carboxylic acids is 1. The summed E-state index contributed by atoms with van der Waals surface area (Å²) in [6, 6.07) is 14.8. The second kappa shape index (κ2) is 7.93. The van der Waals surface area contributed by atoms with Crippen LogP contribution in [0.1, 0.15) is 15.9 Å². The second-order valence-corrected chi connectivity index (χ2v) is 5.94. The van der Waals surface area contributed by atoms with Gasteiger partial charge in [0.05, 0.1) is 26.3 Å². The predicted molar refractivity (Wildman–Crippen MR) is 100 cm³/mol. The highest BCUT2D eigenvalue weighted by Gasteiger charge is 2.17. The minimum atomic E-state index is -0.364. The van der Waals surface area contributed by atoms with Gasteiger partial charge in [0.2, 0.25) is 0 Å². The van der Waals surface area contributed by atoms with E-state index in [0.717, 1.165) is 5.56 Å². The molecule has 7 heteroatoms. The van der Waals surface area contributed by atoms with Gasteiger partial charge in [-0.15, -0.1) is 0 Å². The van der Waals surface area contributed by atoms with Gasteiger partial charge in [0.15, 0.2) is 5.82 Å². The lowest BCUT2D eigenvalue weighted by Crippen LogP contribution is -2.14. The fourth-order valence-corrected chi connectivity index (χ4v) is 2.69. The molecule has 3 aromatic rings. The first kappa shape index (κ1) is 17.8. The van der Waals surface area contributed by atoms with Gasteiger partial charge in [-0.3, -0.25) is 9.48 Å². The number of methoxy groups -OCH3 is 2. The van der Waals surface area contributed by atoms with Crippen LogP contribution in [-0.4, -0.2) is 29.9 Å². The van der Waals surface area contributed by atoms with Crippen LogP contribution in [0, 0.1) is 0 Å². The predicted octanol–water partition coefficient (Wildman–Crippen LogP) is 3.85. The Balaban J connectivity index is 1.78. The summed E-state index contributed by atoms with van der Waals surface area (Å²) in [5, 5.41) is 7.43. The Bertz CT molecular complexity index is 910. The van der Waals surface area contributed by atoms with E-state index in [4.69, 9.17) is 21.1 Å². The monoisotopic (exact) mass is 371 g/mol. The number of hydrogen-bond donors (Lipinski definition) is 1. The number of ether oxygens (including phenoxy) is 2. The Morgan fingerprint density at radius 3 is 2.62 bits per heavy atom. The Hall–Kier alpha value is -2.99. The van der Waals surface area contributed by atoms with Gasteiger partial charge in [-0.25, -0.2) is 0 Å². The molecule has 0 aliphatic carbocycles. The zero-order valence-electron chi connectivity index (χ0n) is 14.4. The fraction of sp³-hybridized carbons (Fsp3) is 0.158. The molecule has 6 nitrogen and oxygen atoms in total. The molecule has 1 aromatic heterocycles. The topological polar surface area (TPSA) is 65.4 Å². The van der Waals surface area contributed by atoms with Crippen molar-refractivity contribution in [3.8, 4) is 11.5 Å². The SMILES string of the molecule is COc1ccc(C(=O)Nc2nn(Cc3ccccc3)cc2Cl)c(OC)c1. The van der Waals surface area contributed by atoms with E-state index in [1.165, 1.54) is 7.11 Å². The van der Waals surface area contributed by atoms with Gasteiger partial charge < -0.3 is 14.8 Å². The number of benzene rings is 2. The first-order valence-corrected chi connectivity index (χ1v) is 8.28. The number of nitrogens with one attached hydrogen (secondary N) is 1. The average Bonchev–Trinajstić information content (AvgIpc) is 3.00. The number of rotatable bonds is 6. The maximum atomic E-state index is 12.6. The Morgan fingerprint density at radius 1 is 1.15 bits per heavy atom. The standard InChI is InChI=1S/C19H18ClN3O3/c1-25-14-8-9-15(17(10-14)26-2)19(24)21-18-16(20)12-23(22-18)11-13-6-4-3-5-7-13/h3-10,12H,11H2,1-2H3,(H,21,22,24). The van der Waals surface area contributed by atoms with Crippen LogP contribution in [0.4, 0.5) is 5.82 Å². The molecule has 0 saturated heterocycles. The molecule has 0 fully saturated rings. The van der Waals surface area contributed by atoms with Crippen LogP contribution in [0.15, 0.2) is 54.7 Å². The van der Waals surface area contributed by atoms with Crippen LogP contribution in [0.2, 0.25) is 5.02 Å². The van der Waals surface area contributed by atoms with Crippen molar-refractivity contribution < 1.29 is 14.3 Å². The van der Waals surface area contributed by atoms with Gasteiger partial charge in [-0.2, -0.15) is 5.10 Å². The summed E-state index contributed by atoms with van der Waals surface area (Å²) in [5.41, 5.74) is 1.45. The van der Waals surface area contributed by atoms with Gasteiger partial charge >= 0.3 is 0 Å². The molecule has 26 heavy (non-hydrogen) atoms. The molecule has 0 atom stereocenters. The maximum Gasteiger partial charge on any atom is 0.260 e. The van der Waals surface area contributed by atoms with E-state index < -0.39 is 0 Å². The number of hydrogen-bond acceptors (Lipinski definition) is 4. The summed E-state index contributed by atoms with van der Waals surface area (Å²) in [5.74, 6) is 0.937. The lowest BCUT2D eigenvalue weighted by molar-refractivity contribution is 0.102. The van der Waals surface area contributed by atoms with E-state index in [9.17, 15) is 4.79 Å². The van der Waals surface area contributed by atoms with Crippen LogP contribution < -0.4 is 14.8 Å². The largest absolute Gasteiger partial charge is 0.497 e. The lowest BCUT2D eigenvalue weighted by Gasteiger charge is -2.10. The molecule has 0 aliphatic rings. The first-order chi connectivity index (χ1) is 12.6. The van der Waals surface area contributed by atoms with Crippen molar-refractivity contribution in [2.75, 3.05) is 19.5 Å². The lowest BCUT2D eigenvalue weighted by atomic mass is 10.1. The molecule has 0 unspecified atom stereocenters. The highest BCUT2D eigenvalue weighted by molar-refractivity contribution is 6.33. The summed E-state index contributed by atoms with van der Waals surface area (Å²) < 4.78 is 12.1. The van der Waals surface area contributed by atoms with Crippen molar-refractivity contribution in [2.24, 2.45) is 0 Å². The summed E-state index contributed by atoms with van der Waals surface area (Å²) in [4.78, 5) is 12.6. The summed E-state index contributed by atoms with van der Waals surface area (Å²) >= 11 is 6.21. The number of amides is 1. The third-order valence-electron chi connectivity index (χ3n) is 3.79. The molecule has 3 rings (SSSR count). The molecular weight excluding hydrogens is 354 g/mol. The van der Waals surface area contributed by atoms with Gasteiger partial charge in [0, 0.05) is 12.3 Å². The quantitative estimate of drug-likeness (QED) is 0.714. The summed E-state index contributed by atoms with van der Waals surface area (Å²) in [7, 11) is 3.04. The average molecular weight is 372 g/mol.